The Bertz CT molecular complexity index is 738. The van der Waals surface area contributed by atoms with Crippen molar-refractivity contribution in [1.29, 1.82) is 0 Å². The molecule has 1 heterocycles. The maximum Gasteiger partial charge on any atom is 0.271 e. The van der Waals surface area contributed by atoms with E-state index >= 15 is 0 Å². The van der Waals surface area contributed by atoms with Crippen LogP contribution in [-0.2, 0) is 4.79 Å². The lowest BCUT2D eigenvalue weighted by Gasteiger charge is -2.06. The summed E-state index contributed by atoms with van der Waals surface area (Å²) in [4.78, 5) is 28.8. The van der Waals surface area contributed by atoms with Gasteiger partial charge < -0.3 is 10.6 Å². The second kappa shape index (κ2) is 8.06. The predicted octanol–water partition coefficient (Wildman–Crippen LogP) is 3.85. The first-order chi connectivity index (χ1) is 11.4. The Kier molecular flexibility index (Phi) is 6.09. The average Bonchev–Trinajstić information content (AvgIpc) is 2.88. The van der Waals surface area contributed by atoms with Gasteiger partial charge in [-0.2, -0.15) is 0 Å². The summed E-state index contributed by atoms with van der Waals surface area (Å²) in [5.74, 6) is 0.301. The standard InChI is InChI=1S/C18H23N3O2S/c1-11(2)8-9-19-17(23)16-12(3)24-18(21-16)14-6-5-7-15(10-14)20-13(4)22/h5-7,10-11H,8-9H2,1-4H3,(H,19,23)(H,20,22). The summed E-state index contributed by atoms with van der Waals surface area (Å²) in [6.07, 6.45) is 0.945. The van der Waals surface area contributed by atoms with Gasteiger partial charge in [0.2, 0.25) is 5.91 Å². The average molecular weight is 345 g/mol. The quantitative estimate of drug-likeness (QED) is 0.835. The van der Waals surface area contributed by atoms with Gasteiger partial charge in [0, 0.05) is 29.6 Å². The Morgan fingerprint density at radius 2 is 2.04 bits per heavy atom. The molecule has 0 fully saturated rings. The van der Waals surface area contributed by atoms with Gasteiger partial charge in [0.1, 0.15) is 10.7 Å². The molecule has 0 aliphatic carbocycles. The highest BCUT2D eigenvalue weighted by Gasteiger charge is 2.16. The van der Waals surface area contributed by atoms with Gasteiger partial charge >= 0.3 is 0 Å². The molecule has 2 amide bonds. The van der Waals surface area contributed by atoms with E-state index in [-0.39, 0.29) is 11.8 Å². The molecular weight excluding hydrogens is 322 g/mol. The Morgan fingerprint density at radius 3 is 2.71 bits per heavy atom. The molecule has 5 nitrogen and oxygen atoms in total. The fraction of sp³-hybridized carbons (Fsp3) is 0.389. The first-order valence-corrected chi connectivity index (χ1v) is 8.82. The van der Waals surface area contributed by atoms with Crippen molar-refractivity contribution in [3.63, 3.8) is 0 Å². The summed E-state index contributed by atoms with van der Waals surface area (Å²) >= 11 is 1.48. The van der Waals surface area contributed by atoms with Crippen molar-refractivity contribution in [2.45, 2.75) is 34.1 Å². The van der Waals surface area contributed by atoms with E-state index in [4.69, 9.17) is 0 Å². The fourth-order valence-corrected chi connectivity index (χ4v) is 3.13. The molecule has 2 rings (SSSR count). The fourth-order valence-electron chi connectivity index (χ4n) is 2.22. The van der Waals surface area contributed by atoms with Crippen LogP contribution in [0.1, 0.15) is 42.6 Å². The summed E-state index contributed by atoms with van der Waals surface area (Å²) in [6, 6.07) is 7.47. The van der Waals surface area contributed by atoms with E-state index in [1.807, 2.05) is 31.2 Å². The Hall–Kier alpha value is -2.21. The largest absolute Gasteiger partial charge is 0.351 e. The monoisotopic (exact) mass is 345 g/mol. The normalized spacial score (nSPS) is 10.7. The summed E-state index contributed by atoms with van der Waals surface area (Å²) in [7, 11) is 0. The third-order valence-electron chi connectivity index (χ3n) is 3.45. The van der Waals surface area contributed by atoms with Crippen LogP contribution in [0.25, 0.3) is 10.6 Å². The zero-order valence-electron chi connectivity index (χ0n) is 14.5. The maximum atomic E-state index is 12.3. The second-order valence-electron chi connectivity index (χ2n) is 6.12. The lowest BCUT2D eigenvalue weighted by atomic mass is 10.1. The Balaban J connectivity index is 2.16. The molecule has 0 unspecified atom stereocenters. The van der Waals surface area contributed by atoms with Crippen LogP contribution < -0.4 is 10.6 Å². The number of carbonyl (C=O) groups is 2. The van der Waals surface area contributed by atoms with Gasteiger partial charge in [-0.05, 0) is 31.4 Å². The molecule has 128 valence electrons. The number of amides is 2. The van der Waals surface area contributed by atoms with Crippen LogP contribution in [0.2, 0.25) is 0 Å². The smallest absolute Gasteiger partial charge is 0.271 e. The minimum atomic E-state index is -0.131. The van der Waals surface area contributed by atoms with Gasteiger partial charge in [-0.1, -0.05) is 26.0 Å². The van der Waals surface area contributed by atoms with Crippen molar-refractivity contribution < 1.29 is 9.59 Å². The van der Waals surface area contributed by atoms with Gasteiger partial charge in [-0.25, -0.2) is 4.98 Å². The van der Waals surface area contributed by atoms with Crippen molar-refractivity contribution in [3.8, 4) is 10.6 Å². The molecule has 0 bridgehead atoms. The number of nitrogens with zero attached hydrogens (tertiary/aromatic N) is 1. The number of aromatic nitrogens is 1. The van der Waals surface area contributed by atoms with Crippen LogP contribution in [0.15, 0.2) is 24.3 Å². The van der Waals surface area contributed by atoms with Gasteiger partial charge in [-0.3, -0.25) is 9.59 Å². The summed E-state index contributed by atoms with van der Waals surface area (Å²) in [5, 5.41) is 6.45. The lowest BCUT2D eigenvalue weighted by molar-refractivity contribution is -0.114. The Morgan fingerprint density at radius 1 is 1.29 bits per heavy atom. The van der Waals surface area contributed by atoms with E-state index in [0.29, 0.717) is 18.2 Å². The van der Waals surface area contributed by atoms with E-state index in [2.05, 4.69) is 29.5 Å². The highest BCUT2D eigenvalue weighted by molar-refractivity contribution is 7.15. The number of anilines is 1. The van der Waals surface area contributed by atoms with Gasteiger partial charge in [-0.15, -0.1) is 11.3 Å². The number of thiazole rings is 1. The Labute approximate surface area is 146 Å². The summed E-state index contributed by atoms with van der Waals surface area (Å²) in [6.45, 7) is 8.28. The van der Waals surface area contributed by atoms with Crippen molar-refractivity contribution in [2.75, 3.05) is 11.9 Å². The molecule has 1 aromatic carbocycles. The zero-order chi connectivity index (χ0) is 17.7. The topological polar surface area (TPSA) is 71.1 Å². The molecule has 0 aliphatic rings. The predicted molar refractivity (Wildman–Crippen MR) is 98.4 cm³/mol. The molecule has 0 saturated carbocycles. The van der Waals surface area contributed by atoms with Crippen LogP contribution in [0.3, 0.4) is 0 Å². The SMILES string of the molecule is CC(=O)Nc1cccc(-c2nc(C(=O)NCCC(C)C)c(C)s2)c1. The number of hydrogen-bond acceptors (Lipinski definition) is 4. The van der Waals surface area contributed by atoms with Crippen molar-refractivity contribution in [2.24, 2.45) is 5.92 Å². The first-order valence-electron chi connectivity index (χ1n) is 8.00. The van der Waals surface area contributed by atoms with Crippen molar-refractivity contribution in [1.82, 2.24) is 10.3 Å². The second-order valence-corrected chi connectivity index (χ2v) is 7.33. The molecule has 2 aromatic rings. The van der Waals surface area contributed by atoms with Crippen LogP contribution in [-0.4, -0.2) is 23.3 Å². The number of nitrogens with one attached hydrogen (secondary N) is 2. The van der Waals surface area contributed by atoms with Crippen molar-refractivity contribution >= 4 is 28.8 Å². The molecule has 0 atom stereocenters. The highest BCUT2D eigenvalue weighted by Crippen LogP contribution is 2.29. The zero-order valence-corrected chi connectivity index (χ0v) is 15.3. The number of hydrogen-bond donors (Lipinski definition) is 2. The molecule has 1 aromatic heterocycles. The molecule has 24 heavy (non-hydrogen) atoms. The van der Waals surface area contributed by atoms with Crippen LogP contribution >= 0.6 is 11.3 Å². The third-order valence-corrected chi connectivity index (χ3v) is 4.47. The third kappa shape index (κ3) is 4.89. The molecule has 0 spiro atoms. The number of carbonyl (C=O) groups excluding carboxylic acids is 2. The highest BCUT2D eigenvalue weighted by atomic mass is 32.1. The van der Waals surface area contributed by atoms with Gasteiger partial charge in [0.05, 0.1) is 0 Å². The molecule has 6 heteroatoms. The summed E-state index contributed by atoms with van der Waals surface area (Å²) < 4.78 is 0. The molecule has 0 aliphatic heterocycles. The van der Waals surface area contributed by atoms with Gasteiger partial charge in [0.15, 0.2) is 0 Å². The summed E-state index contributed by atoms with van der Waals surface area (Å²) in [5.41, 5.74) is 2.08. The number of aryl methyl sites for hydroxylation is 1. The molecule has 2 N–H and O–H groups in total. The van der Waals surface area contributed by atoms with Crippen molar-refractivity contribution in [3.05, 3.63) is 34.8 Å². The van der Waals surface area contributed by atoms with E-state index < -0.39 is 0 Å². The van der Waals surface area contributed by atoms with E-state index in [9.17, 15) is 9.59 Å². The van der Waals surface area contributed by atoms with Crippen LogP contribution in [0.4, 0.5) is 5.69 Å². The number of benzene rings is 1. The van der Waals surface area contributed by atoms with Crippen LogP contribution in [0, 0.1) is 12.8 Å². The molecule has 0 saturated heterocycles. The number of rotatable bonds is 6. The maximum absolute atomic E-state index is 12.3. The van der Waals surface area contributed by atoms with E-state index in [1.165, 1.54) is 18.3 Å². The minimum Gasteiger partial charge on any atom is -0.351 e. The lowest BCUT2D eigenvalue weighted by Crippen LogP contribution is -2.26. The minimum absolute atomic E-state index is 0.118. The van der Waals surface area contributed by atoms with Gasteiger partial charge in [0.25, 0.3) is 5.91 Å². The van der Waals surface area contributed by atoms with Crippen LogP contribution in [0.5, 0.6) is 0 Å². The first kappa shape index (κ1) is 18.1. The molecular formula is C18H23N3O2S. The molecule has 0 radical (unpaired) electrons. The van der Waals surface area contributed by atoms with E-state index in [1.54, 1.807) is 0 Å². The van der Waals surface area contributed by atoms with E-state index in [0.717, 1.165) is 27.6 Å².